The Morgan fingerprint density at radius 1 is 1.60 bits per heavy atom. The van der Waals surface area contributed by atoms with Crippen LogP contribution >= 0.6 is 12.6 Å². The average molecular weight is 154 g/mol. The minimum absolute atomic E-state index is 0.630. The Bertz CT molecular complexity index is 213. The summed E-state index contributed by atoms with van der Waals surface area (Å²) in [4.78, 5) is 5.04. The number of hydrogen-bond acceptors (Lipinski definition) is 3. The molecule has 0 amide bonds. The van der Waals surface area contributed by atoms with E-state index >= 15 is 0 Å². The Morgan fingerprint density at radius 2 is 2.40 bits per heavy atom. The lowest BCUT2D eigenvalue weighted by molar-refractivity contribution is 0.893. The summed E-state index contributed by atoms with van der Waals surface area (Å²) >= 11 is 4.21. The van der Waals surface area contributed by atoms with E-state index < -0.39 is 0 Å². The summed E-state index contributed by atoms with van der Waals surface area (Å²) in [5.74, 6) is 0. The molecule has 2 N–H and O–H groups in total. The molecule has 0 radical (unpaired) electrons. The first-order valence-corrected chi connectivity index (χ1v) is 3.62. The first-order chi connectivity index (χ1) is 4.84. The molecule has 1 aromatic heterocycles. The van der Waals surface area contributed by atoms with Gasteiger partial charge in [-0.15, -0.1) is 12.6 Å². The lowest BCUT2D eigenvalue weighted by atomic mass is 10.3. The maximum atomic E-state index is 5.36. The van der Waals surface area contributed by atoms with Crippen molar-refractivity contribution in [3.63, 3.8) is 0 Å². The molecule has 2 nitrogen and oxygen atoms in total. The Labute approximate surface area is 65.9 Å². The molecule has 0 saturated heterocycles. The predicted octanol–water partition coefficient (Wildman–Crippen LogP) is 0.871. The number of aromatic nitrogens is 1. The third-order valence-corrected chi connectivity index (χ3v) is 1.65. The Morgan fingerprint density at radius 3 is 3.00 bits per heavy atom. The zero-order chi connectivity index (χ0) is 7.40. The number of hydrogen-bond donors (Lipinski definition) is 2. The van der Waals surface area contributed by atoms with Crippen molar-refractivity contribution < 1.29 is 0 Å². The molecule has 0 aromatic carbocycles. The van der Waals surface area contributed by atoms with Crippen LogP contribution in [0.5, 0.6) is 0 Å². The minimum atomic E-state index is 0.630. The average Bonchev–Trinajstić information content (AvgIpc) is 1.94. The highest BCUT2D eigenvalue weighted by Gasteiger charge is 1.95. The molecule has 0 spiro atoms. The van der Waals surface area contributed by atoms with Crippen molar-refractivity contribution in [2.75, 3.05) is 6.54 Å². The molecule has 10 heavy (non-hydrogen) atoms. The lowest BCUT2D eigenvalue weighted by Gasteiger charge is -1.99. The van der Waals surface area contributed by atoms with Gasteiger partial charge in [0.15, 0.2) is 0 Å². The third-order valence-electron chi connectivity index (χ3n) is 1.25. The molecule has 0 aliphatic heterocycles. The van der Waals surface area contributed by atoms with Crippen molar-refractivity contribution in [3.05, 3.63) is 24.0 Å². The fraction of sp³-hybridized carbons (Fsp3) is 0.286. The van der Waals surface area contributed by atoms with E-state index in [1.807, 2.05) is 12.1 Å². The maximum Gasteiger partial charge on any atom is 0.0549 e. The number of pyridine rings is 1. The molecule has 0 unspecified atom stereocenters. The summed E-state index contributed by atoms with van der Waals surface area (Å²) < 4.78 is 0. The van der Waals surface area contributed by atoms with Crippen molar-refractivity contribution in [2.24, 2.45) is 5.73 Å². The van der Waals surface area contributed by atoms with Gasteiger partial charge < -0.3 is 5.73 Å². The number of nitrogens with two attached hydrogens (primary N) is 1. The fourth-order valence-corrected chi connectivity index (χ4v) is 1.01. The Balaban J connectivity index is 2.81. The molecule has 0 fully saturated rings. The van der Waals surface area contributed by atoms with E-state index in [0.29, 0.717) is 6.54 Å². The standard InChI is InChI=1S/C7H10N2S/c8-4-3-6-7(10)2-1-5-9-6/h1-2,5,10H,3-4,8H2. The number of thiol groups is 1. The van der Waals surface area contributed by atoms with Gasteiger partial charge in [0.1, 0.15) is 0 Å². The Hall–Kier alpha value is -0.540. The summed E-state index contributed by atoms with van der Waals surface area (Å²) in [6, 6.07) is 3.78. The van der Waals surface area contributed by atoms with Crippen molar-refractivity contribution in [1.82, 2.24) is 4.98 Å². The highest BCUT2D eigenvalue weighted by Crippen LogP contribution is 2.09. The molecule has 1 rings (SSSR count). The van der Waals surface area contributed by atoms with E-state index in [0.717, 1.165) is 17.0 Å². The van der Waals surface area contributed by atoms with E-state index in [4.69, 9.17) is 5.73 Å². The van der Waals surface area contributed by atoms with Gasteiger partial charge in [-0.1, -0.05) is 0 Å². The van der Waals surface area contributed by atoms with Crippen LogP contribution in [0.4, 0.5) is 0 Å². The molecule has 3 heteroatoms. The van der Waals surface area contributed by atoms with Crippen LogP contribution < -0.4 is 5.73 Å². The van der Waals surface area contributed by atoms with Crippen LogP contribution in [0, 0.1) is 0 Å². The van der Waals surface area contributed by atoms with Gasteiger partial charge in [0.2, 0.25) is 0 Å². The van der Waals surface area contributed by atoms with E-state index in [-0.39, 0.29) is 0 Å². The largest absolute Gasteiger partial charge is 0.330 e. The molecule has 0 aliphatic carbocycles. The summed E-state index contributed by atoms with van der Waals surface area (Å²) in [7, 11) is 0. The minimum Gasteiger partial charge on any atom is -0.330 e. The maximum absolute atomic E-state index is 5.36. The topological polar surface area (TPSA) is 38.9 Å². The van der Waals surface area contributed by atoms with Gasteiger partial charge in [0, 0.05) is 17.5 Å². The normalized spacial score (nSPS) is 9.80. The van der Waals surface area contributed by atoms with Crippen LogP contribution in [0.1, 0.15) is 5.69 Å². The number of rotatable bonds is 2. The third kappa shape index (κ3) is 1.72. The van der Waals surface area contributed by atoms with Crippen molar-refractivity contribution in [1.29, 1.82) is 0 Å². The van der Waals surface area contributed by atoms with Crippen LogP contribution in [0.3, 0.4) is 0 Å². The van der Waals surface area contributed by atoms with Crippen LogP contribution in [0.25, 0.3) is 0 Å². The van der Waals surface area contributed by atoms with Crippen LogP contribution in [-0.2, 0) is 6.42 Å². The zero-order valence-corrected chi connectivity index (χ0v) is 6.51. The summed E-state index contributed by atoms with van der Waals surface area (Å²) in [6.07, 6.45) is 2.56. The fourth-order valence-electron chi connectivity index (χ4n) is 0.759. The van der Waals surface area contributed by atoms with E-state index in [2.05, 4.69) is 17.6 Å². The van der Waals surface area contributed by atoms with Gasteiger partial charge in [0.05, 0.1) is 5.69 Å². The highest BCUT2D eigenvalue weighted by molar-refractivity contribution is 7.80. The molecule has 0 atom stereocenters. The monoisotopic (exact) mass is 154 g/mol. The number of nitrogens with zero attached hydrogens (tertiary/aromatic N) is 1. The predicted molar refractivity (Wildman–Crippen MR) is 44.2 cm³/mol. The van der Waals surface area contributed by atoms with Gasteiger partial charge >= 0.3 is 0 Å². The summed E-state index contributed by atoms with van der Waals surface area (Å²) in [5.41, 5.74) is 6.34. The van der Waals surface area contributed by atoms with E-state index in [9.17, 15) is 0 Å². The van der Waals surface area contributed by atoms with Gasteiger partial charge in [-0.3, -0.25) is 4.98 Å². The van der Waals surface area contributed by atoms with Crippen LogP contribution in [0.15, 0.2) is 23.2 Å². The van der Waals surface area contributed by atoms with Crippen molar-refractivity contribution in [2.45, 2.75) is 11.3 Å². The molecule has 0 aliphatic rings. The molecule has 1 aromatic rings. The van der Waals surface area contributed by atoms with Gasteiger partial charge in [0.25, 0.3) is 0 Å². The quantitative estimate of drug-likeness (QED) is 0.620. The van der Waals surface area contributed by atoms with Crippen molar-refractivity contribution in [3.8, 4) is 0 Å². The van der Waals surface area contributed by atoms with E-state index in [1.54, 1.807) is 6.20 Å². The van der Waals surface area contributed by atoms with Gasteiger partial charge in [-0.2, -0.15) is 0 Å². The Kier molecular flexibility index (Phi) is 2.71. The first-order valence-electron chi connectivity index (χ1n) is 3.17. The smallest absolute Gasteiger partial charge is 0.0549 e. The SMILES string of the molecule is NCCc1ncccc1S. The molecule has 54 valence electrons. The molecule has 0 bridgehead atoms. The summed E-state index contributed by atoms with van der Waals surface area (Å²) in [5, 5.41) is 0. The second-order valence-electron chi connectivity index (χ2n) is 2.01. The van der Waals surface area contributed by atoms with Crippen LogP contribution in [0.2, 0.25) is 0 Å². The molecular formula is C7H10N2S. The van der Waals surface area contributed by atoms with Gasteiger partial charge in [-0.05, 0) is 18.7 Å². The summed E-state index contributed by atoms with van der Waals surface area (Å²) in [6.45, 7) is 0.630. The second kappa shape index (κ2) is 3.58. The zero-order valence-electron chi connectivity index (χ0n) is 5.62. The molecule has 0 saturated carbocycles. The second-order valence-corrected chi connectivity index (χ2v) is 2.49. The first kappa shape index (κ1) is 7.57. The van der Waals surface area contributed by atoms with E-state index in [1.165, 1.54) is 0 Å². The molecule has 1 heterocycles. The lowest BCUT2D eigenvalue weighted by Crippen LogP contribution is -2.04. The molecular weight excluding hydrogens is 144 g/mol. The van der Waals surface area contributed by atoms with Gasteiger partial charge in [-0.25, -0.2) is 0 Å². The van der Waals surface area contributed by atoms with Crippen LogP contribution in [-0.4, -0.2) is 11.5 Å². The van der Waals surface area contributed by atoms with Crippen molar-refractivity contribution >= 4 is 12.6 Å². The highest BCUT2D eigenvalue weighted by atomic mass is 32.1.